The summed E-state index contributed by atoms with van der Waals surface area (Å²) >= 11 is 0. The van der Waals surface area contributed by atoms with Gasteiger partial charge in [0.25, 0.3) is 5.91 Å². The number of rotatable bonds is 6. The highest BCUT2D eigenvalue weighted by molar-refractivity contribution is 6.09. The lowest BCUT2D eigenvalue weighted by atomic mass is 10.1. The standard InChI is InChI=1S/C26H33N5O2/c1-4-13-31-19(2)16-21(20(31)3)17-22(18-27)25(32)28-23-9-11-24(12-10-23)29-26(33)30-14-7-5-6-8-15-30/h9-12,16-17H,4-8,13-15H2,1-3H3,(H,28,32)(H,29,33)/b22-17+. The molecule has 174 valence electrons. The van der Waals surface area contributed by atoms with Crippen molar-refractivity contribution in [3.8, 4) is 6.07 Å². The van der Waals surface area contributed by atoms with Gasteiger partial charge in [0.1, 0.15) is 11.6 Å². The van der Waals surface area contributed by atoms with Gasteiger partial charge in [0.05, 0.1) is 0 Å². The van der Waals surface area contributed by atoms with E-state index in [4.69, 9.17) is 0 Å². The van der Waals surface area contributed by atoms with Gasteiger partial charge in [0.15, 0.2) is 0 Å². The molecule has 0 bridgehead atoms. The number of anilines is 2. The number of nitriles is 1. The van der Waals surface area contributed by atoms with E-state index in [1.54, 1.807) is 30.3 Å². The molecule has 0 aliphatic carbocycles. The molecule has 33 heavy (non-hydrogen) atoms. The van der Waals surface area contributed by atoms with Gasteiger partial charge >= 0.3 is 6.03 Å². The Labute approximate surface area is 196 Å². The lowest BCUT2D eigenvalue weighted by molar-refractivity contribution is -0.112. The van der Waals surface area contributed by atoms with Crippen LogP contribution in [0.3, 0.4) is 0 Å². The van der Waals surface area contributed by atoms with Crippen molar-refractivity contribution in [3.05, 3.63) is 52.9 Å². The maximum atomic E-state index is 12.7. The molecule has 7 heteroatoms. The van der Waals surface area contributed by atoms with E-state index in [9.17, 15) is 14.9 Å². The number of aromatic nitrogens is 1. The highest BCUT2D eigenvalue weighted by atomic mass is 16.2. The fraction of sp³-hybridized carbons (Fsp3) is 0.423. The Kier molecular flexibility index (Phi) is 8.31. The van der Waals surface area contributed by atoms with Crippen LogP contribution in [0.1, 0.15) is 56.0 Å². The smallest absolute Gasteiger partial charge is 0.321 e. The van der Waals surface area contributed by atoms with Crippen LogP contribution in [0.15, 0.2) is 35.9 Å². The van der Waals surface area contributed by atoms with Crippen LogP contribution in [0.25, 0.3) is 6.08 Å². The summed E-state index contributed by atoms with van der Waals surface area (Å²) in [5.74, 6) is -0.459. The van der Waals surface area contributed by atoms with Crippen molar-refractivity contribution in [2.45, 2.75) is 59.4 Å². The normalized spacial score (nSPS) is 14.4. The summed E-state index contributed by atoms with van der Waals surface area (Å²) in [7, 11) is 0. The van der Waals surface area contributed by atoms with Gasteiger partial charge in [-0.05, 0) is 75.1 Å². The average Bonchev–Trinajstić information content (AvgIpc) is 2.98. The third-order valence-electron chi connectivity index (χ3n) is 6.01. The number of benzene rings is 1. The fourth-order valence-electron chi connectivity index (χ4n) is 4.16. The van der Waals surface area contributed by atoms with Crippen LogP contribution >= 0.6 is 0 Å². The second kappa shape index (κ2) is 11.4. The van der Waals surface area contributed by atoms with Gasteiger partial charge < -0.3 is 20.1 Å². The van der Waals surface area contributed by atoms with Crippen LogP contribution in [0.4, 0.5) is 16.2 Å². The van der Waals surface area contributed by atoms with Gasteiger partial charge in [-0.1, -0.05) is 19.8 Å². The van der Waals surface area contributed by atoms with Crippen molar-refractivity contribution in [2.24, 2.45) is 0 Å². The predicted molar refractivity (Wildman–Crippen MR) is 132 cm³/mol. The quantitative estimate of drug-likeness (QED) is 0.454. The Hall–Kier alpha value is -3.53. The number of hydrogen-bond acceptors (Lipinski definition) is 3. The number of carbonyl (C=O) groups excluding carboxylic acids is 2. The zero-order valence-corrected chi connectivity index (χ0v) is 19.8. The second-order valence-corrected chi connectivity index (χ2v) is 8.51. The zero-order valence-electron chi connectivity index (χ0n) is 19.8. The molecule has 0 unspecified atom stereocenters. The molecule has 1 saturated heterocycles. The largest absolute Gasteiger partial charge is 0.349 e. The van der Waals surface area contributed by atoms with E-state index in [1.807, 2.05) is 30.9 Å². The first-order valence-electron chi connectivity index (χ1n) is 11.7. The molecule has 1 fully saturated rings. The minimum atomic E-state index is -0.459. The van der Waals surface area contributed by atoms with E-state index < -0.39 is 5.91 Å². The number of nitrogens with one attached hydrogen (secondary N) is 2. The van der Waals surface area contributed by atoms with Crippen LogP contribution in [-0.2, 0) is 11.3 Å². The lowest BCUT2D eigenvalue weighted by Gasteiger charge is -2.20. The molecule has 3 rings (SSSR count). The first-order chi connectivity index (χ1) is 15.9. The zero-order chi connectivity index (χ0) is 23.8. The fourth-order valence-corrected chi connectivity index (χ4v) is 4.16. The first kappa shape index (κ1) is 24.1. The highest BCUT2D eigenvalue weighted by Gasteiger charge is 2.16. The van der Waals surface area contributed by atoms with Gasteiger partial charge in [-0.3, -0.25) is 4.79 Å². The molecule has 2 heterocycles. The molecule has 0 radical (unpaired) electrons. The Bertz CT molecular complexity index is 1050. The summed E-state index contributed by atoms with van der Waals surface area (Å²) in [5.41, 5.74) is 4.30. The van der Waals surface area contributed by atoms with Crippen molar-refractivity contribution in [1.82, 2.24) is 9.47 Å². The van der Waals surface area contributed by atoms with Crippen LogP contribution in [0.2, 0.25) is 0 Å². The summed E-state index contributed by atoms with van der Waals surface area (Å²) < 4.78 is 2.19. The van der Waals surface area contributed by atoms with E-state index in [1.165, 1.54) is 12.8 Å². The lowest BCUT2D eigenvalue weighted by Crippen LogP contribution is -2.35. The van der Waals surface area contributed by atoms with Crippen molar-refractivity contribution in [2.75, 3.05) is 23.7 Å². The molecule has 1 aromatic carbocycles. The third-order valence-corrected chi connectivity index (χ3v) is 6.01. The maximum Gasteiger partial charge on any atom is 0.321 e. The number of nitrogens with zero attached hydrogens (tertiary/aromatic N) is 3. The minimum absolute atomic E-state index is 0.0466. The molecule has 2 aromatic rings. The number of urea groups is 1. The molecule has 1 aromatic heterocycles. The SMILES string of the molecule is CCCn1c(C)cc(/C=C(\C#N)C(=O)Nc2ccc(NC(=O)N3CCCCCC3)cc2)c1C. The number of aryl methyl sites for hydroxylation is 1. The first-order valence-corrected chi connectivity index (χ1v) is 11.7. The highest BCUT2D eigenvalue weighted by Crippen LogP contribution is 2.20. The Morgan fingerprint density at radius 3 is 2.21 bits per heavy atom. The third kappa shape index (κ3) is 6.26. The van der Waals surface area contributed by atoms with Crippen LogP contribution in [0.5, 0.6) is 0 Å². The van der Waals surface area contributed by atoms with Crippen LogP contribution in [0, 0.1) is 25.2 Å². The van der Waals surface area contributed by atoms with Crippen molar-refractivity contribution >= 4 is 29.4 Å². The number of carbonyl (C=O) groups is 2. The van der Waals surface area contributed by atoms with E-state index in [0.29, 0.717) is 11.4 Å². The molecular formula is C26H33N5O2. The number of amides is 3. The predicted octanol–water partition coefficient (Wildman–Crippen LogP) is 5.47. The molecule has 2 N–H and O–H groups in total. The van der Waals surface area contributed by atoms with Crippen molar-refractivity contribution in [1.29, 1.82) is 5.26 Å². The summed E-state index contributed by atoms with van der Waals surface area (Å²) in [6, 6.07) is 10.9. The molecule has 3 amide bonds. The van der Waals surface area contributed by atoms with Gasteiger partial charge in [-0.25, -0.2) is 4.79 Å². The van der Waals surface area contributed by atoms with E-state index in [0.717, 1.165) is 55.8 Å². The van der Waals surface area contributed by atoms with Gasteiger partial charge in [0, 0.05) is 42.4 Å². The number of hydrogen-bond donors (Lipinski definition) is 2. The topological polar surface area (TPSA) is 90.2 Å². The van der Waals surface area contributed by atoms with Gasteiger partial charge in [-0.15, -0.1) is 0 Å². The van der Waals surface area contributed by atoms with Crippen LogP contribution < -0.4 is 10.6 Å². The average molecular weight is 448 g/mol. The molecule has 1 aliphatic rings. The Morgan fingerprint density at radius 1 is 1.03 bits per heavy atom. The molecule has 1 aliphatic heterocycles. The molecule has 0 atom stereocenters. The number of likely N-dealkylation sites (tertiary alicyclic amines) is 1. The summed E-state index contributed by atoms with van der Waals surface area (Å²) in [6.07, 6.45) is 7.06. The molecule has 0 spiro atoms. The Morgan fingerprint density at radius 2 is 1.64 bits per heavy atom. The van der Waals surface area contributed by atoms with E-state index in [2.05, 4.69) is 22.1 Å². The molecular weight excluding hydrogens is 414 g/mol. The molecule has 7 nitrogen and oxygen atoms in total. The monoisotopic (exact) mass is 447 g/mol. The van der Waals surface area contributed by atoms with Crippen molar-refractivity contribution < 1.29 is 9.59 Å². The maximum absolute atomic E-state index is 12.7. The minimum Gasteiger partial charge on any atom is -0.349 e. The Balaban J connectivity index is 1.64. The summed E-state index contributed by atoms with van der Waals surface area (Å²) in [4.78, 5) is 27.0. The van der Waals surface area contributed by atoms with Crippen molar-refractivity contribution in [3.63, 3.8) is 0 Å². The van der Waals surface area contributed by atoms with E-state index in [-0.39, 0.29) is 11.6 Å². The van der Waals surface area contributed by atoms with E-state index >= 15 is 0 Å². The molecule has 0 saturated carbocycles. The van der Waals surface area contributed by atoms with Crippen LogP contribution in [-0.4, -0.2) is 34.5 Å². The van der Waals surface area contributed by atoms with Gasteiger partial charge in [-0.2, -0.15) is 5.26 Å². The van der Waals surface area contributed by atoms with Gasteiger partial charge in [0.2, 0.25) is 0 Å². The summed E-state index contributed by atoms with van der Waals surface area (Å²) in [5, 5.41) is 15.2. The summed E-state index contributed by atoms with van der Waals surface area (Å²) in [6.45, 7) is 8.61. The second-order valence-electron chi connectivity index (χ2n) is 8.51.